The molecule has 0 aliphatic carbocycles. The molecule has 0 aliphatic heterocycles. The van der Waals surface area contributed by atoms with Crippen LogP contribution in [0.5, 0.6) is 0 Å². The van der Waals surface area contributed by atoms with Crippen molar-refractivity contribution >= 4 is 11.4 Å². The van der Waals surface area contributed by atoms with E-state index in [0.717, 1.165) is 31.4 Å². The van der Waals surface area contributed by atoms with Gasteiger partial charge in [0.15, 0.2) is 0 Å². The van der Waals surface area contributed by atoms with Gasteiger partial charge in [0.2, 0.25) is 0 Å². The number of benzene rings is 1. The summed E-state index contributed by atoms with van der Waals surface area (Å²) in [6.07, 6.45) is 31.6. The Kier molecular flexibility index (Phi) is 27.0. The second-order valence-corrected chi connectivity index (χ2v) is 13.5. The van der Waals surface area contributed by atoms with Gasteiger partial charge in [0.1, 0.15) is 23.5 Å². The predicted octanol–water partition coefficient (Wildman–Crippen LogP) is 11.0. The molecule has 260 valence electrons. The Bertz CT molecular complexity index is 985. The molecule has 0 radical (unpaired) electrons. The molecular formula is C42H72N4. The SMILES string of the molecule is CCCCCCCCCCN(CCCCCC)C(=c1ccc(=C(C#N)C#N)cc1)N(CCCCCC)CCCCCCCCCC. The molecule has 0 atom stereocenters. The molecule has 1 aromatic carbocycles. The first kappa shape index (κ1) is 41.6. The largest absolute Gasteiger partial charge is 0.358 e. The molecule has 4 heteroatoms. The number of hydrogen-bond acceptors (Lipinski definition) is 4. The molecule has 46 heavy (non-hydrogen) atoms. The van der Waals surface area contributed by atoms with Crippen molar-refractivity contribution in [2.45, 2.75) is 182 Å². The highest BCUT2D eigenvalue weighted by Crippen LogP contribution is 2.19. The van der Waals surface area contributed by atoms with Gasteiger partial charge in [-0.2, -0.15) is 10.5 Å². The first-order valence-corrected chi connectivity index (χ1v) is 19.8. The average Bonchev–Trinajstić information content (AvgIpc) is 3.08. The van der Waals surface area contributed by atoms with E-state index in [2.05, 4.69) is 61.8 Å². The van der Waals surface area contributed by atoms with Crippen LogP contribution < -0.4 is 10.4 Å². The Morgan fingerprint density at radius 2 is 0.674 bits per heavy atom. The Morgan fingerprint density at radius 3 is 0.978 bits per heavy atom. The highest BCUT2D eigenvalue weighted by molar-refractivity contribution is 5.72. The molecule has 0 saturated carbocycles. The first-order valence-electron chi connectivity index (χ1n) is 19.8. The van der Waals surface area contributed by atoms with Crippen molar-refractivity contribution in [3.63, 3.8) is 0 Å². The van der Waals surface area contributed by atoms with Gasteiger partial charge in [-0.25, -0.2) is 0 Å². The van der Waals surface area contributed by atoms with Gasteiger partial charge in [0, 0.05) is 36.6 Å². The summed E-state index contributed by atoms with van der Waals surface area (Å²) >= 11 is 0. The molecule has 0 saturated heterocycles. The first-order chi connectivity index (χ1) is 22.7. The Hall–Kier alpha value is -2.46. The maximum absolute atomic E-state index is 9.49. The van der Waals surface area contributed by atoms with Crippen molar-refractivity contribution in [3.8, 4) is 12.1 Å². The third-order valence-corrected chi connectivity index (χ3v) is 9.38. The van der Waals surface area contributed by atoms with Crippen LogP contribution in [0.25, 0.3) is 11.4 Å². The van der Waals surface area contributed by atoms with Crippen LogP contribution in [0.15, 0.2) is 24.3 Å². The van der Waals surface area contributed by atoms with E-state index >= 15 is 0 Å². The van der Waals surface area contributed by atoms with E-state index < -0.39 is 0 Å². The number of rotatable bonds is 30. The molecule has 1 aromatic rings. The van der Waals surface area contributed by atoms with Crippen molar-refractivity contribution in [2.24, 2.45) is 0 Å². The molecule has 0 fully saturated rings. The van der Waals surface area contributed by atoms with Crippen LogP contribution in [0.2, 0.25) is 0 Å². The predicted molar refractivity (Wildman–Crippen MR) is 200 cm³/mol. The average molecular weight is 633 g/mol. The summed E-state index contributed by atoms with van der Waals surface area (Å²) in [6.45, 7) is 13.6. The number of unbranched alkanes of at least 4 members (excludes halogenated alkanes) is 20. The minimum atomic E-state index is 0.193. The molecule has 0 aliphatic rings. The lowest BCUT2D eigenvalue weighted by atomic mass is 10.1. The fraction of sp³-hybridized carbons (Fsp3) is 0.762. The summed E-state index contributed by atoms with van der Waals surface area (Å²) in [6, 6.07) is 12.5. The molecule has 0 N–H and O–H groups in total. The van der Waals surface area contributed by atoms with E-state index in [1.54, 1.807) is 0 Å². The maximum atomic E-state index is 9.49. The number of hydrogen-bond donors (Lipinski definition) is 0. The molecule has 0 amide bonds. The van der Waals surface area contributed by atoms with Crippen LogP contribution in [-0.4, -0.2) is 36.0 Å². The third kappa shape index (κ3) is 19.3. The van der Waals surface area contributed by atoms with Gasteiger partial charge in [0.05, 0.1) is 0 Å². The maximum Gasteiger partial charge on any atom is 0.136 e. The monoisotopic (exact) mass is 633 g/mol. The Balaban J connectivity index is 3.34. The van der Waals surface area contributed by atoms with Crippen LogP contribution in [0.3, 0.4) is 0 Å². The Morgan fingerprint density at radius 1 is 0.413 bits per heavy atom. The minimum Gasteiger partial charge on any atom is -0.358 e. The van der Waals surface area contributed by atoms with Gasteiger partial charge in [-0.3, -0.25) is 0 Å². The summed E-state index contributed by atoms with van der Waals surface area (Å²) in [5, 5.41) is 20.9. The van der Waals surface area contributed by atoms with E-state index in [9.17, 15) is 10.5 Å². The van der Waals surface area contributed by atoms with E-state index in [1.165, 1.54) is 165 Å². The zero-order valence-corrected chi connectivity index (χ0v) is 30.9. The molecule has 1 rings (SSSR count). The molecular weight excluding hydrogens is 560 g/mol. The summed E-state index contributed by atoms with van der Waals surface area (Å²) in [4.78, 5) is 5.46. The Labute approximate surface area is 285 Å². The minimum absolute atomic E-state index is 0.193. The third-order valence-electron chi connectivity index (χ3n) is 9.38. The van der Waals surface area contributed by atoms with Crippen molar-refractivity contribution in [3.05, 3.63) is 34.7 Å². The van der Waals surface area contributed by atoms with Crippen molar-refractivity contribution in [1.29, 1.82) is 10.5 Å². The van der Waals surface area contributed by atoms with E-state index in [0.29, 0.717) is 0 Å². The van der Waals surface area contributed by atoms with Gasteiger partial charge in [-0.05, 0) is 25.7 Å². The van der Waals surface area contributed by atoms with Crippen LogP contribution in [-0.2, 0) is 0 Å². The van der Waals surface area contributed by atoms with Crippen molar-refractivity contribution < 1.29 is 0 Å². The van der Waals surface area contributed by atoms with Crippen molar-refractivity contribution in [1.82, 2.24) is 9.80 Å². The zero-order valence-electron chi connectivity index (χ0n) is 30.9. The van der Waals surface area contributed by atoms with Gasteiger partial charge in [0.25, 0.3) is 0 Å². The van der Waals surface area contributed by atoms with Gasteiger partial charge in [-0.1, -0.05) is 180 Å². The highest BCUT2D eigenvalue weighted by atomic mass is 15.3. The topological polar surface area (TPSA) is 54.1 Å². The second kappa shape index (κ2) is 29.9. The van der Waals surface area contributed by atoms with Gasteiger partial charge < -0.3 is 9.80 Å². The normalized spacial score (nSPS) is 10.8. The lowest BCUT2D eigenvalue weighted by Gasteiger charge is -2.37. The molecule has 4 nitrogen and oxygen atoms in total. The van der Waals surface area contributed by atoms with Crippen LogP contribution >= 0.6 is 0 Å². The number of nitriles is 2. The van der Waals surface area contributed by atoms with Crippen LogP contribution in [0.4, 0.5) is 0 Å². The lowest BCUT2D eigenvalue weighted by molar-refractivity contribution is 0.258. The lowest BCUT2D eigenvalue weighted by Crippen LogP contribution is -2.41. The van der Waals surface area contributed by atoms with Crippen LogP contribution in [0, 0.1) is 22.7 Å². The fourth-order valence-corrected chi connectivity index (χ4v) is 6.48. The van der Waals surface area contributed by atoms with E-state index in [-0.39, 0.29) is 5.57 Å². The number of nitrogens with zero attached hydrogens (tertiary/aromatic N) is 4. The van der Waals surface area contributed by atoms with E-state index in [4.69, 9.17) is 0 Å². The molecule has 0 unspecified atom stereocenters. The second-order valence-electron chi connectivity index (χ2n) is 13.5. The van der Waals surface area contributed by atoms with Crippen molar-refractivity contribution in [2.75, 3.05) is 26.2 Å². The summed E-state index contributed by atoms with van der Waals surface area (Å²) < 4.78 is 0. The van der Waals surface area contributed by atoms with Crippen LogP contribution in [0.1, 0.15) is 182 Å². The zero-order chi connectivity index (χ0) is 33.5. The summed E-state index contributed by atoms with van der Waals surface area (Å²) in [5.41, 5.74) is 0.193. The highest BCUT2D eigenvalue weighted by Gasteiger charge is 2.18. The van der Waals surface area contributed by atoms with E-state index in [1.807, 2.05) is 12.1 Å². The summed E-state index contributed by atoms with van der Waals surface area (Å²) in [7, 11) is 0. The molecule has 0 spiro atoms. The fourth-order valence-electron chi connectivity index (χ4n) is 6.48. The quantitative estimate of drug-likeness (QED) is 0.0792. The van der Waals surface area contributed by atoms with Gasteiger partial charge >= 0.3 is 0 Å². The molecule has 0 heterocycles. The molecule has 0 aromatic heterocycles. The smallest absolute Gasteiger partial charge is 0.136 e. The summed E-state index contributed by atoms with van der Waals surface area (Å²) in [5.74, 6) is 1.39. The van der Waals surface area contributed by atoms with Gasteiger partial charge in [-0.15, -0.1) is 0 Å². The molecule has 0 bridgehead atoms. The standard InChI is InChI=1S/C42H72N4/c1-5-9-13-17-19-21-23-27-35-45(33-25-15-11-7-3)42(40-31-29-39(30-32-40)41(37-43)38-44)46(34-26-16-12-8-4)36-28-24-22-20-18-14-10-6-2/h29-32H,5-28,33-36H2,1-4H3.